The fourth-order valence-corrected chi connectivity index (χ4v) is 0.753. The Morgan fingerprint density at radius 2 is 2.45 bits per heavy atom. The van der Waals surface area contributed by atoms with Gasteiger partial charge in [-0.3, -0.25) is 4.79 Å². The van der Waals surface area contributed by atoms with Gasteiger partial charge in [0.15, 0.2) is 0 Å². The molecule has 2 N–H and O–H groups in total. The van der Waals surface area contributed by atoms with Crippen molar-refractivity contribution in [2.75, 3.05) is 7.05 Å². The van der Waals surface area contributed by atoms with Gasteiger partial charge in [-0.15, -0.1) is 0 Å². The molecular weight excluding hydrogens is 142 g/mol. The summed E-state index contributed by atoms with van der Waals surface area (Å²) in [5.74, 6) is 0.670. The number of hydrogen-bond donors (Lipinski definition) is 2. The molecule has 0 aromatic carbocycles. The van der Waals surface area contributed by atoms with Crippen molar-refractivity contribution in [1.82, 2.24) is 15.3 Å². The zero-order chi connectivity index (χ0) is 8.27. The second-order valence-corrected chi connectivity index (χ2v) is 2.37. The topological polar surface area (TPSA) is 57.8 Å². The normalized spacial score (nSPS) is 10.0. The summed E-state index contributed by atoms with van der Waals surface area (Å²) in [6, 6.07) is 0. The number of nitrogens with one attached hydrogen (secondary N) is 2. The molecule has 0 radical (unpaired) electrons. The molecule has 0 amide bonds. The van der Waals surface area contributed by atoms with Gasteiger partial charge in [0.25, 0.3) is 5.56 Å². The third-order valence-corrected chi connectivity index (χ3v) is 1.37. The number of H-pyrrole nitrogens is 1. The van der Waals surface area contributed by atoms with Crippen LogP contribution in [-0.2, 0) is 6.54 Å². The largest absolute Gasteiger partial charge is 0.313 e. The highest BCUT2D eigenvalue weighted by molar-refractivity contribution is 5.02. The minimum atomic E-state index is -0.0646. The first kappa shape index (κ1) is 7.94. The van der Waals surface area contributed by atoms with Gasteiger partial charge in [0.1, 0.15) is 5.82 Å². The van der Waals surface area contributed by atoms with Crippen molar-refractivity contribution < 1.29 is 0 Å². The summed E-state index contributed by atoms with van der Waals surface area (Å²) < 4.78 is 0. The number of rotatable bonds is 2. The number of aromatic nitrogens is 2. The second-order valence-electron chi connectivity index (χ2n) is 2.37. The van der Waals surface area contributed by atoms with Gasteiger partial charge in [0.05, 0.1) is 6.54 Å². The predicted molar refractivity (Wildman–Crippen MR) is 42.4 cm³/mol. The summed E-state index contributed by atoms with van der Waals surface area (Å²) in [6.45, 7) is 2.32. The Kier molecular flexibility index (Phi) is 2.38. The Morgan fingerprint density at radius 3 is 3.00 bits per heavy atom. The molecule has 0 aliphatic heterocycles. The molecule has 0 unspecified atom stereocenters. The molecule has 4 heteroatoms. The summed E-state index contributed by atoms with van der Waals surface area (Å²) in [5.41, 5.74) is 0.579. The molecule has 1 heterocycles. The maximum Gasteiger partial charge on any atom is 0.253 e. The zero-order valence-electron chi connectivity index (χ0n) is 6.64. The molecule has 1 aromatic heterocycles. The standard InChI is InChI=1S/C7H11N3O/c1-5-3-9-6(4-8-2)10-7(5)11/h3,8H,4H2,1-2H3,(H,9,10,11). The van der Waals surface area contributed by atoms with Crippen LogP contribution in [0.15, 0.2) is 11.0 Å². The summed E-state index contributed by atoms with van der Waals surface area (Å²) in [6.07, 6.45) is 1.57. The van der Waals surface area contributed by atoms with E-state index in [1.54, 1.807) is 20.2 Å². The Balaban J connectivity index is 2.96. The third-order valence-electron chi connectivity index (χ3n) is 1.37. The molecular formula is C7H11N3O. The first-order valence-electron chi connectivity index (χ1n) is 3.43. The van der Waals surface area contributed by atoms with Crippen LogP contribution < -0.4 is 10.9 Å². The Bertz CT molecular complexity index is 292. The summed E-state index contributed by atoms with van der Waals surface area (Å²) in [7, 11) is 1.81. The average molecular weight is 153 g/mol. The van der Waals surface area contributed by atoms with Gasteiger partial charge in [0, 0.05) is 11.8 Å². The molecule has 0 bridgehead atoms. The van der Waals surface area contributed by atoms with E-state index in [-0.39, 0.29) is 5.56 Å². The lowest BCUT2D eigenvalue weighted by atomic mass is 10.4. The van der Waals surface area contributed by atoms with Gasteiger partial charge < -0.3 is 10.3 Å². The fraction of sp³-hybridized carbons (Fsp3) is 0.429. The third kappa shape index (κ3) is 1.88. The minimum Gasteiger partial charge on any atom is -0.313 e. The molecule has 4 nitrogen and oxygen atoms in total. The number of hydrogen-bond acceptors (Lipinski definition) is 3. The number of nitrogens with zero attached hydrogens (tertiary/aromatic N) is 1. The molecule has 0 spiro atoms. The van der Waals surface area contributed by atoms with Crippen molar-refractivity contribution in [3.05, 3.63) is 27.9 Å². The van der Waals surface area contributed by atoms with Gasteiger partial charge in [0.2, 0.25) is 0 Å². The molecule has 0 aliphatic rings. The maximum absolute atomic E-state index is 11.0. The highest BCUT2D eigenvalue weighted by atomic mass is 16.1. The van der Waals surface area contributed by atoms with Crippen LogP contribution in [0.5, 0.6) is 0 Å². The van der Waals surface area contributed by atoms with Gasteiger partial charge in [-0.1, -0.05) is 0 Å². The highest BCUT2D eigenvalue weighted by Crippen LogP contribution is 1.85. The first-order valence-corrected chi connectivity index (χ1v) is 3.43. The predicted octanol–water partition coefficient (Wildman–Crippen LogP) is -0.202. The quantitative estimate of drug-likeness (QED) is 0.618. The van der Waals surface area contributed by atoms with Crippen LogP contribution in [0.25, 0.3) is 0 Å². The van der Waals surface area contributed by atoms with Crippen LogP contribution in [-0.4, -0.2) is 17.0 Å². The lowest BCUT2D eigenvalue weighted by Gasteiger charge is -1.97. The van der Waals surface area contributed by atoms with Crippen molar-refractivity contribution >= 4 is 0 Å². The zero-order valence-corrected chi connectivity index (χ0v) is 6.64. The van der Waals surface area contributed by atoms with Crippen molar-refractivity contribution in [2.45, 2.75) is 13.5 Å². The lowest BCUT2D eigenvalue weighted by Crippen LogP contribution is -2.17. The van der Waals surface area contributed by atoms with Crippen molar-refractivity contribution in [2.24, 2.45) is 0 Å². The van der Waals surface area contributed by atoms with Gasteiger partial charge in [-0.2, -0.15) is 0 Å². The average Bonchev–Trinajstić information content (AvgIpc) is 1.98. The minimum absolute atomic E-state index is 0.0646. The fourth-order valence-electron chi connectivity index (χ4n) is 0.753. The molecule has 60 valence electrons. The van der Waals surface area contributed by atoms with Crippen LogP contribution in [0.2, 0.25) is 0 Å². The van der Waals surface area contributed by atoms with Crippen molar-refractivity contribution in [3.63, 3.8) is 0 Å². The molecule has 0 saturated heterocycles. The summed E-state index contributed by atoms with van der Waals surface area (Å²) in [4.78, 5) is 17.6. The van der Waals surface area contributed by atoms with Crippen molar-refractivity contribution in [3.8, 4) is 0 Å². The molecule has 11 heavy (non-hydrogen) atoms. The van der Waals surface area contributed by atoms with E-state index >= 15 is 0 Å². The Morgan fingerprint density at radius 1 is 1.73 bits per heavy atom. The molecule has 0 atom stereocenters. The van der Waals surface area contributed by atoms with Gasteiger partial charge in [-0.05, 0) is 14.0 Å². The van der Waals surface area contributed by atoms with E-state index in [2.05, 4.69) is 15.3 Å². The molecule has 1 rings (SSSR count). The number of aromatic amines is 1. The van der Waals surface area contributed by atoms with E-state index in [0.717, 1.165) is 0 Å². The maximum atomic E-state index is 11.0. The molecule has 1 aromatic rings. The van der Waals surface area contributed by atoms with Crippen LogP contribution in [0.4, 0.5) is 0 Å². The SMILES string of the molecule is CNCc1ncc(C)c(=O)[nH]1. The van der Waals surface area contributed by atoms with Crippen LogP contribution >= 0.6 is 0 Å². The van der Waals surface area contributed by atoms with E-state index in [9.17, 15) is 4.79 Å². The lowest BCUT2D eigenvalue weighted by molar-refractivity contribution is 0.750. The molecule has 0 saturated carbocycles. The smallest absolute Gasteiger partial charge is 0.253 e. The number of aryl methyl sites for hydroxylation is 1. The van der Waals surface area contributed by atoms with E-state index in [4.69, 9.17) is 0 Å². The van der Waals surface area contributed by atoms with E-state index in [1.165, 1.54) is 0 Å². The van der Waals surface area contributed by atoms with E-state index < -0.39 is 0 Å². The van der Waals surface area contributed by atoms with Gasteiger partial charge in [-0.25, -0.2) is 4.98 Å². The van der Waals surface area contributed by atoms with Crippen LogP contribution in [0, 0.1) is 6.92 Å². The Labute approximate surface area is 64.7 Å². The Hall–Kier alpha value is -1.16. The molecule has 0 fully saturated rings. The summed E-state index contributed by atoms with van der Waals surface area (Å²) in [5, 5.41) is 2.90. The first-order chi connectivity index (χ1) is 5.24. The van der Waals surface area contributed by atoms with Crippen LogP contribution in [0.3, 0.4) is 0 Å². The summed E-state index contributed by atoms with van der Waals surface area (Å²) >= 11 is 0. The van der Waals surface area contributed by atoms with Crippen LogP contribution in [0.1, 0.15) is 11.4 Å². The molecule has 0 aliphatic carbocycles. The van der Waals surface area contributed by atoms with E-state index in [1.807, 2.05) is 0 Å². The van der Waals surface area contributed by atoms with Gasteiger partial charge >= 0.3 is 0 Å². The van der Waals surface area contributed by atoms with E-state index in [0.29, 0.717) is 17.9 Å². The highest BCUT2D eigenvalue weighted by Gasteiger charge is 1.95. The van der Waals surface area contributed by atoms with Crippen molar-refractivity contribution in [1.29, 1.82) is 0 Å². The second kappa shape index (κ2) is 3.30. The monoisotopic (exact) mass is 153 g/mol.